The van der Waals surface area contributed by atoms with Gasteiger partial charge < -0.3 is 4.98 Å². The number of H-pyrrole nitrogens is 1. The molecule has 5 rings (SSSR count). The summed E-state index contributed by atoms with van der Waals surface area (Å²) in [7, 11) is 0. The molecule has 31 heavy (non-hydrogen) atoms. The Morgan fingerprint density at radius 3 is 2.71 bits per heavy atom. The largest absolute Gasteiger partial charge is 0.309 e. The van der Waals surface area contributed by atoms with E-state index in [1.165, 1.54) is 16.6 Å². The third-order valence-corrected chi connectivity index (χ3v) is 6.77. The molecule has 3 aromatic heterocycles. The minimum Gasteiger partial charge on any atom is -0.309 e. The first-order valence-corrected chi connectivity index (χ1v) is 11.7. The lowest BCUT2D eigenvalue weighted by molar-refractivity contribution is 0.849. The Labute approximate surface area is 187 Å². The van der Waals surface area contributed by atoms with Crippen LogP contribution >= 0.6 is 23.1 Å². The fourth-order valence-corrected chi connectivity index (χ4v) is 5.01. The van der Waals surface area contributed by atoms with Gasteiger partial charge in [0, 0.05) is 17.0 Å². The Kier molecular flexibility index (Phi) is 5.40. The quantitative estimate of drug-likeness (QED) is 0.382. The van der Waals surface area contributed by atoms with Gasteiger partial charge in [-0.15, -0.1) is 21.5 Å². The van der Waals surface area contributed by atoms with Crippen molar-refractivity contribution in [2.45, 2.75) is 24.3 Å². The maximum atomic E-state index is 12.5. The summed E-state index contributed by atoms with van der Waals surface area (Å²) in [6.45, 7) is 1.97. The molecule has 0 saturated heterocycles. The second-order valence-electron chi connectivity index (χ2n) is 7.10. The second-order valence-corrected chi connectivity index (χ2v) is 9.07. The van der Waals surface area contributed by atoms with Crippen LogP contribution in [0.3, 0.4) is 0 Å². The molecule has 0 aliphatic carbocycles. The number of aryl methyl sites for hydroxylation is 1. The molecule has 0 saturated carbocycles. The van der Waals surface area contributed by atoms with Gasteiger partial charge in [0.25, 0.3) is 5.56 Å². The van der Waals surface area contributed by atoms with Gasteiger partial charge in [0.2, 0.25) is 0 Å². The van der Waals surface area contributed by atoms with E-state index in [1.54, 1.807) is 17.4 Å². The molecule has 0 unspecified atom stereocenters. The molecule has 1 N–H and O–H groups in total. The highest BCUT2D eigenvalue weighted by atomic mass is 32.2. The number of rotatable bonds is 6. The minimum absolute atomic E-state index is 0.118. The summed E-state index contributed by atoms with van der Waals surface area (Å²) < 4.78 is 2.08. The van der Waals surface area contributed by atoms with Crippen LogP contribution in [0.4, 0.5) is 0 Å². The molecule has 0 aliphatic rings. The molecular weight excluding hydrogens is 426 g/mol. The highest BCUT2D eigenvalue weighted by Gasteiger charge is 2.16. The number of thioether (sulfide) groups is 1. The molecule has 0 radical (unpaired) electrons. The first-order chi connectivity index (χ1) is 15.2. The van der Waals surface area contributed by atoms with E-state index in [1.807, 2.05) is 55.5 Å². The lowest BCUT2D eigenvalue weighted by atomic mass is 10.1. The fraction of sp³-hybridized carbons (Fsp3) is 0.130. The summed E-state index contributed by atoms with van der Waals surface area (Å²) in [5, 5.41) is 12.4. The lowest BCUT2D eigenvalue weighted by Gasteiger charge is -2.10. The molecule has 2 aromatic carbocycles. The van der Waals surface area contributed by atoms with Gasteiger partial charge in [0.05, 0.1) is 16.7 Å². The van der Waals surface area contributed by atoms with Crippen molar-refractivity contribution in [2.24, 2.45) is 0 Å². The zero-order chi connectivity index (χ0) is 21.2. The first kappa shape index (κ1) is 19.7. The van der Waals surface area contributed by atoms with Gasteiger partial charge in [-0.3, -0.25) is 9.36 Å². The normalized spacial score (nSPS) is 11.3. The number of hydrogen-bond acceptors (Lipinski definition) is 6. The second kappa shape index (κ2) is 8.49. The summed E-state index contributed by atoms with van der Waals surface area (Å²) in [6.07, 6.45) is 0.713. The Morgan fingerprint density at radius 2 is 1.90 bits per heavy atom. The molecule has 5 aromatic rings. The SMILES string of the molecule is Cc1cccc2c(=O)[nH]c(CSc3nnc(Cc4cccs4)n3-c3ccccc3)nc12. The average Bonchev–Trinajstić information content (AvgIpc) is 3.44. The summed E-state index contributed by atoms with van der Waals surface area (Å²) in [5.41, 5.74) is 2.62. The molecule has 8 heteroatoms. The van der Waals surface area contributed by atoms with Gasteiger partial charge >= 0.3 is 0 Å². The van der Waals surface area contributed by atoms with Crippen molar-refractivity contribution in [2.75, 3.05) is 0 Å². The average molecular weight is 446 g/mol. The number of aromatic amines is 1. The molecule has 0 aliphatic heterocycles. The molecule has 3 heterocycles. The molecule has 0 atom stereocenters. The monoisotopic (exact) mass is 445 g/mol. The topological polar surface area (TPSA) is 76.5 Å². The Balaban J connectivity index is 1.48. The van der Waals surface area contributed by atoms with Gasteiger partial charge in [-0.05, 0) is 42.1 Å². The molecule has 0 spiro atoms. The number of nitrogens with one attached hydrogen (secondary N) is 1. The molecule has 0 amide bonds. The highest BCUT2D eigenvalue weighted by Crippen LogP contribution is 2.26. The van der Waals surface area contributed by atoms with Crippen LogP contribution < -0.4 is 5.56 Å². The van der Waals surface area contributed by atoms with Crippen LogP contribution in [-0.4, -0.2) is 24.7 Å². The number of benzene rings is 2. The van der Waals surface area contributed by atoms with Gasteiger partial charge in [0.1, 0.15) is 11.6 Å². The minimum atomic E-state index is -0.118. The van der Waals surface area contributed by atoms with Crippen LogP contribution in [-0.2, 0) is 12.2 Å². The standard InChI is InChI=1S/C23H19N5OS2/c1-15-7-5-11-18-21(15)24-19(25-22(18)29)14-31-23-27-26-20(13-17-10-6-12-30-17)28(23)16-8-3-2-4-9-16/h2-12H,13-14H2,1H3,(H,24,25,29). The summed E-state index contributed by atoms with van der Waals surface area (Å²) >= 11 is 3.22. The first-order valence-electron chi connectivity index (χ1n) is 9.82. The molecule has 0 fully saturated rings. The maximum Gasteiger partial charge on any atom is 0.258 e. The van der Waals surface area contributed by atoms with Crippen LogP contribution in [0.25, 0.3) is 16.6 Å². The number of aromatic nitrogens is 5. The number of hydrogen-bond donors (Lipinski definition) is 1. The molecular formula is C23H19N5OS2. The van der Waals surface area contributed by atoms with Crippen LogP contribution in [0.15, 0.2) is 76.0 Å². The summed E-state index contributed by atoms with van der Waals surface area (Å²) in [6, 6.07) is 19.9. The van der Waals surface area contributed by atoms with Crippen molar-refractivity contribution in [1.29, 1.82) is 0 Å². The lowest BCUT2D eigenvalue weighted by Crippen LogP contribution is -2.12. The summed E-state index contributed by atoms with van der Waals surface area (Å²) in [4.78, 5) is 21.3. The van der Waals surface area contributed by atoms with Crippen LogP contribution in [0, 0.1) is 6.92 Å². The number of fused-ring (bicyclic) bond motifs is 1. The van der Waals surface area contributed by atoms with Crippen molar-refractivity contribution in [3.8, 4) is 5.69 Å². The number of nitrogens with zero attached hydrogens (tertiary/aromatic N) is 4. The van der Waals surface area contributed by atoms with Crippen LogP contribution in [0.5, 0.6) is 0 Å². The predicted molar refractivity (Wildman–Crippen MR) is 125 cm³/mol. The van der Waals surface area contributed by atoms with E-state index in [4.69, 9.17) is 0 Å². The third-order valence-electron chi connectivity index (χ3n) is 4.95. The third kappa shape index (κ3) is 4.04. The maximum absolute atomic E-state index is 12.5. The van der Waals surface area contributed by atoms with Crippen molar-refractivity contribution in [3.05, 3.63) is 98.5 Å². The highest BCUT2D eigenvalue weighted by molar-refractivity contribution is 7.98. The zero-order valence-corrected chi connectivity index (χ0v) is 18.4. The van der Waals surface area contributed by atoms with E-state index in [0.717, 1.165) is 27.7 Å². The van der Waals surface area contributed by atoms with Crippen LogP contribution in [0.1, 0.15) is 22.1 Å². The Hall–Kier alpha value is -3.23. The van der Waals surface area contributed by atoms with E-state index in [-0.39, 0.29) is 5.56 Å². The van der Waals surface area contributed by atoms with Crippen molar-refractivity contribution < 1.29 is 0 Å². The van der Waals surface area contributed by atoms with Gasteiger partial charge in [-0.1, -0.05) is 48.2 Å². The van der Waals surface area contributed by atoms with E-state index in [9.17, 15) is 4.79 Å². The smallest absolute Gasteiger partial charge is 0.258 e. The van der Waals surface area contributed by atoms with E-state index < -0.39 is 0 Å². The fourth-order valence-electron chi connectivity index (χ4n) is 3.47. The van der Waals surface area contributed by atoms with Crippen molar-refractivity contribution >= 4 is 34.0 Å². The number of thiophene rings is 1. The van der Waals surface area contributed by atoms with Gasteiger partial charge in [-0.2, -0.15) is 0 Å². The van der Waals surface area contributed by atoms with Crippen LogP contribution in [0.2, 0.25) is 0 Å². The molecule has 154 valence electrons. The Morgan fingerprint density at radius 1 is 1.03 bits per heavy atom. The zero-order valence-electron chi connectivity index (χ0n) is 16.8. The van der Waals surface area contributed by atoms with E-state index in [2.05, 4.69) is 36.2 Å². The molecule has 0 bridgehead atoms. The van der Waals surface area contributed by atoms with Crippen molar-refractivity contribution in [3.63, 3.8) is 0 Å². The Bertz CT molecular complexity index is 1390. The molecule has 6 nitrogen and oxygen atoms in total. The predicted octanol–water partition coefficient (Wildman–Crippen LogP) is 4.76. The van der Waals surface area contributed by atoms with E-state index in [0.29, 0.717) is 23.4 Å². The van der Waals surface area contributed by atoms with Gasteiger partial charge in [0.15, 0.2) is 5.16 Å². The van der Waals surface area contributed by atoms with Gasteiger partial charge in [-0.25, -0.2) is 4.98 Å². The number of para-hydroxylation sites is 2. The van der Waals surface area contributed by atoms with Crippen molar-refractivity contribution in [1.82, 2.24) is 24.7 Å². The summed E-state index contributed by atoms with van der Waals surface area (Å²) in [5.74, 6) is 2.00. The van der Waals surface area contributed by atoms with E-state index >= 15 is 0 Å².